The quantitative estimate of drug-likeness (QED) is 0.613. The Morgan fingerprint density at radius 1 is 1.45 bits per heavy atom. The zero-order chi connectivity index (χ0) is 14.6. The second-order valence-electron chi connectivity index (χ2n) is 5.23. The highest BCUT2D eigenvalue weighted by atomic mass is 79.9. The average Bonchev–Trinajstić information content (AvgIpc) is 2.88. The fourth-order valence-corrected chi connectivity index (χ4v) is 4.12. The maximum Gasteiger partial charge on any atom is 0.273 e. The van der Waals surface area contributed by atoms with E-state index in [2.05, 4.69) is 27.5 Å². The third-order valence-corrected chi connectivity index (χ3v) is 5.86. The molecule has 1 aromatic rings. The summed E-state index contributed by atoms with van der Waals surface area (Å²) in [6, 6.07) is 5.09. The molecular weight excluding hydrogens is 340 g/mol. The van der Waals surface area contributed by atoms with Crippen molar-refractivity contribution in [2.75, 3.05) is 12.8 Å². The van der Waals surface area contributed by atoms with Gasteiger partial charge in [-0.15, -0.1) is 0 Å². The van der Waals surface area contributed by atoms with Crippen LogP contribution >= 0.6 is 27.7 Å². The summed E-state index contributed by atoms with van der Waals surface area (Å²) >= 11 is 5.30. The molecule has 0 heterocycles. The zero-order valence-corrected chi connectivity index (χ0v) is 13.9. The Labute approximate surface area is 132 Å². The van der Waals surface area contributed by atoms with Crippen molar-refractivity contribution in [1.82, 2.24) is 5.32 Å². The number of hydrogen-bond acceptors (Lipinski definition) is 4. The maximum absolute atomic E-state index is 11.0. The summed E-state index contributed by atoms with van der Waals surface area (Å²) in [6.07, 6.45) is 7.22. The smallest absolute Gasteiger partial charge is 0.273 e. The minimum Gasteiger partial charge on any atom is -0.311 e. The average molecular weight is 359 g/mol. The highest BCUT2D eigenvalue weighted by molar-refractivity contribution is 9.10. The van der Waals surface area contributed by atoms with Gasteiger partial charge in [0.2, 0.25) is 0 Å². The fourth-order valence-electron chi connectivity index (χ4n) is 2.77. The van der Waals surface area contributed by atoms with Crippen LogP contribution in [0.25, 0.3) is 0 Å². The van der Waals surface area contributed by atoms with Crippen molar-refractivity contribution < 1.29 is 4.92 Å². The number of nitro groups is 1. The van der Waals surface area contributed by atoms with Gasteiger partial charge in [0, 0.05) is 33.9 Å². The summed E-state index contributed by atoms with van der Waals surface area (Å²) < 4.78 is 1.20. The third-order valence-electron chi connectivity index (χ3n) is 3.95. The van der Waals surface area contributed by atoms with E-state index in [1.165, 1.54) is 25.7 Å². The van der Waals surface area contributed by atoms with Crippen LogP contribution in [0.3, 0.4) is 0 Å². The molecule has 0 aliphatic heterocycles. The van der Waals surface area contributed by atoms with Gasteiger partial charge in [-0.2, -0.15) is 11.8 Å². The summed E-state index contributed by atoms with van der Waals surface area (Å²) in [5.41, 5.74) is 0.920. The van der Waals surface area contributed by atoms with Gasteiger partial charge < -0.3 is 5.32 Å². The Balaban J connectivity index is 2.00. The number of nitro benzene ring substituents is 1. The number of halogens is 1. The van der Waals surface area contributed by atoms with Crippen molar-refractivity contribution in [3.63, 3.8) is 0 Å². The Morgan fingerprint density at radius 3 is 2.75 bits per heavy atom. The molecule has 2 rings (SSSR count). The van der Waals surface area contributed by atoms with E-state index < -0.39 is 0 Å². The molecule has 1 aliphatic carbocycles. The molecule has 1 N–H and O–H groups in total. The molecule has 0 radical (unpaired) electrons. The van der Waals surface area contributed by atoms with Crippen molar-refractivity contribution in [2.45, 2.75) is 37.0 Å². The van der Waals surface area contributed by atoms with Gasteiger partial charge >= 0.3 is 0 Å². The summed E-state index contributed by atoms with van der Waals surface area (Å²) in [7, 11) is 0. The van der Waals surface area contributed by atoms with Crippen LogP contribution in [0.4, 0.5) is 5.69 Å². The van der Waals surface area contributed by atoms with Crippen molar-refractivity contribution in [3.05, 3.63) is 38.3 Å². The van der Waals surface area contributed by atoms with E-state index in [-0.39, 0.29) is 10.6 Å². The lowest BCUT2D eigenvalue weighted by molar-refractivity contribution is -0.385. The van der Waals surface area contributed by atoms with E-state index in [4.69, 9.17) is 0 Å². The number of nitrogens with one attached hydrogen (secondary N) is 1. The lowest BCUT2D eigenvalue weighted by atomic mass is 10.1. The first-order valence-electron chi connectivity index (χ1n) is 6.75. The van der Waals surface area contributed by atoms with Crippen molar-refractivity contribution >= 4 is 33.4 Å². The lowest BCUT2D eigenvalue weighted by Crippen LogP contribution is -2.34. The first-order valence-corrected chi connectivity index (χ1v) is 8.77. The molecule has 1 aliphatic rings. The van der Waals surface area contributed by atoms with Gasteiger partial charge in [-0.25, -0.2) is 0 Å². The van der Waals surface area contributed by atoms with Gasteiger partial charge in [0.25, 0.3) is 5.69 Å². The summed E-state index contributed by atoms with van der Waals surface area (Å²) in [4.78, 5) is 10.7. The topological polar surface area (TPSA) is 55.2 Å². The molecule has 0 amide bonds. The zero-order valence-electron chi connectivity index (χ0n) is 11.5. The minimum atomic E-state index is -0.316. The predicted octanol–water partition coefficient (Wildman–Crippen LogP) is 4.12. The Bertz CT molecular complexity index is 490. The van der Waals surface area contributed by atoms with Crippen molar-refractivity contribution in [3.8, 4) is 0 Å². The molecule has 1 fully saturated rings. The highest BCUT2D eigenvalue weighted by Gasteiger charge is 2.32. The van der Waals surface area contributed by atoms with Crippen LogP contribution in [-0.2, 0) is 6.54 Å². The molecule has 0 bridgehead atoms. The van der Waals surface area contributed by atoms with Crippen LogP contribution in [-0.4, -0.2) is 22.5 Å². The van der Waals surface area contributed by atoms with Crippen molar-refractivity contribution in [2.24, 2.45) is 0 Å². The molecule has 0 aromatic heterocycles. The van der Waals surface area contributed by atoms with Crippen LogP contribution in [0.1, 0.15) is 31.2 Å². The number of benzene rings is 1. The van der Waals surface area contributed by atoms with Crippen LogP contribution in [0, 0.1) is 10.1 Å². The maximum atomic E-state index is 11.0. The van der Waals surface area contributed by atoms with E-state index in [0.29, 0.717) is 11.3 Å². The van der Waals surface area contributed by atoms with Crippen LogP contribution in [0.2, 0.25) is 0 Å². The standard InChI is InChI=1S/C14H19BrN2O2S/c1-20-14(6-2-3-7-14)10-16-9-11-8-12(15)4-5-13(11)17(18)19/h4-5,8,16H,2-3,6-7,9-10H2,1H3. The van der Waals surface area contributed by atoms with Crippen molar-refractivity contribution in [1.29, 1.82) is 0 Å². The second-order valence-corrected chi connectivity index (χ2v) is 7.42. The van der Waals surface area contributed by atoms with E-state index >= 15 is 0 Å². The molecule has 0 atom stereocenters. The first-order chi connectivity index (χ1) is 9.56. The molecule has 1 saturated carbocycles. The molecule has 0 unspecified atom stereocenters. The Morgan fingerprint density at radius 2 is 2.15 bits per heavy atom. The summed E-state index contributed by atoms with van der Waals surface area (Å²) in [5, 5.41) is 14.4. The van der Waals surface area contributed by atoms with Gasteiger partial charge in [-0.1, -0.05) is 28.8 Å². The first kappa shape index (κ1) is 15.8. The highest BCUT2D eigenvalue weighted by Crippen LogP contribution is 2.39. The van der Waals surface area contributed by atoms with Gasteiger partial charge in [-0.05, 0) is 31.2 Å². The molecule has 0 saturated heterocycles. The van der Waals surface area contributed by atoms with Gasteiger partial charge in [0.05, 0.1) is 4.92 Å². The van der Waals surface area contributed by atoms with Crippen LogP contribution < -0.4 is 5.32 Å². The van der Waals surface area contributed by atoms with Crippen LogP contribution in [0.15, 0.2) is 22.7 Å². The number of nitrogens with zero attached hydrogens (tertiary/aromatic N) is 1. The molecule has 6 heteroatoms. The van der Waals surface area contributed by atoms with Crippen LogP contribution in [0.5, 0.6) is 0 Å². The lowest BCUT2D eigenvalue weighted by Gasteiger charge is -2.27. The second kappa shape index (κ2) is 6.91. The minimum absolute atomic E-state index is 0.185. The van der Waals surface area contributed by atoms with E-state index in [9.17, 15) is 10.1 Å². The molecule has 1 aromatic carbocycles. The number of rotatable bonds is 6. The Kier molecular flexibility index (Phi) is 5.46. The monoisotopic (exact) mass is 358 g/mol. The van der Waals surface area contributed by atoms with E-state index in [0.717, 1.165) is 16.6 Å². The third kappa shape index (κ3) is 3.74. The SMILES string of the molecule is CSC1(CNCc2cc(Br)ccc2[N+](=O)[O-])CCCC1. The molecular formula is C14H19BrN2O2S. The molecule has 0 spiro atoms. The summed E-state index contributed by atoms with van der Waals surface area (Å²) in [6.45, 7) is 1.45. The van der Waals surface area contributed by atoms with Gasteiger partial charge in [-0.3, -0.25) is 10.1 Å². The number of thioether (sulfide) groups is 1. The van der Waals surface area contributed by atoms with Gasteiger partial charge in [0.15, 0.2) is 0 Å². The molecule has 110 valence electrons. The fraction of sp³-hybridized carbons (Fsp3) is 0.571. The van der Waals surface area contributed by atoms with E-state index in [1.807, 2.05) is 17.8 Å². The summed E-state index contributed by atoms with van der Waals surface area (Å²) in [5.74, 6) is 0. The molecule has 20 heavy (non-hydrogen) atoms. The van der Waals surface area contributed by atoms with E-state index in [1.54, 1.807) is 12.1 Å². The largest absolute Gasteiger partial charge is 0.311 e. The Hall–Kier alpha value is -0.590. The normalized spacial score (nSPS) is 17.3. The molecule has 4 nitrogen and oxygen atoms in total. The predicted molar refractivity (Wildman–Crippen MR) is 87.2 cm³/mol. The van der Waals surface area contributed by atoms with Gasteiger partial charge in [0.1, 0.15) is 0 Å². The number of hydrogen-bond donors (Lipinski definition) is 1.